The highest BCUT2D eigenvalue weighted by molar-refractivity contribution is 7.92. The Morgan fingerprint density at radius 2 is 1.64 bits per heavy atom. The van der Waals surface area contributed by atoms with Crippen molar-refractivity contribution in [3.8, 4) is 0 Å². The van der Waals surface area contributed by atoms with E-state index in [1.165, 1.54) is 0 Å². The summed E-state index contributed by atoms with van der Waals surface area (Å²) in [5.74, 6) is -0.724. The fourth-order valence-electron chi connectivity index (χ4n) is 2.84. The van der Waals surface area contributed by atoms with Crippen LogP contribution in [-0.4, -0.2) is 38.1 Å². The summed E-state index contributed by atoms with van der Waals surface area (Å²) in [6, 6.07) is 12.6. The van der Waals surface area contributed by atoms with E-state index in [2.05, 4.69) is 0 Å². The second kappa shape index (κ2) is 6.08. The van der Waals surface area contributed by atoms with Gasteiger partial charge in [0, 0.05) is 13.1 Å². The minimum atomic E-state index is -3.59. The predicted octanol–water partition coefficient (Wildman–Crippen LogP) is 2.63. The second-order valence-electron chi connectivity index (χ2n) is 5.71. The summed E-state index contributed by atoms with van der Waals surface area (Å²) >= 11 is 0. The van der Waals surface area contributed by atoms with Crippen molar-refractivity contribution in [2.24, 2.45) is 0 Å². The van der Waals surface area contributed by atoms with Gasteiger partial charge in [0.05, 0.1) is 4.90 Å². The Morgan fingerprint density at radius 3 is 2.36 bits per heavy atom. The van der Waals surface area contributed by atoms with Gasteiger partial charge in [0.25, 0.3) is 0 Å². The first-order valence-corrected chi connectivity index (χ1v) is 9.21. The highest BCUT2D eigenvalue weighted by atomic mass is 32.2. The average molecular weight is 317 g/mol. The number of hydrogen-bond acceptors (Lipinski definition) is 3. The van der Waals surface area contributed by atoms with Gasteiger partial charge in [0.2, 0.25) is 5.91 Å². The number of carbonyl (C=O) groups is 1. The van der Waals surface area contributed by atoms with Crippen LogP contribution in [0.4, 0.5) is 0 Å². The summed E-state index contributed by atoms with van der Waals surface area (Å²) in [6.45, 7) is 1.35. The fraction of sp³-hybridized carbons (Fsp3) is 0.353. The number of benzene rings is 2. The van der Waals surface area contributed by atoms with Crippen LogP contribution in [0.25, 0.3) is 10.8 Å². The number of piperidine rings is 1. The maximum atomic E-state index is 12.5. The molecule has 0 unspecified atom stereocenters. The van der Waals surface area contributed by atoms with Crippen molar-refractivity contribution < 1.29 is 13.2 Å². The largest absolute Gasteiger partial charge is 0.342 e. The van der Waals surface area contributed by atoms with Gasteiger partial charge < -0.3 is 4.90 Å². The first-order chi connectivity index (χ1) is 10.6. The predicted molar refractivity (Wildman–Crippen MR) is 86.4 cm³/mol. The second-order valence-corrected chi connectivity index (χ2v) is 7.70. The Kier molecular flexibility index (Phi) is 4.16. The molecule has 1 amide bonds. The molecule has 116 valence electrons. The van der Waals surface area contributed by atoms with Crippen LogP contribution in [0.15, 0.2) is 47.4 Å². The fourth-order valence-corrected chi connectivity index (χ4v) is 4.10. The standard InChI is InChI=1S/C17H19NO3S/c19-17(18-10-4-1-5-11-18)13-22(20,21)16-9-8-14-6-2-3-7-15(14)12-16/h2-3,6-9,12H,1,4-5,10-11,13H2. The van der Waals surface area contributed by atoms with Gasteiger partial charge in [-0.3, -0.25) is 4.79 Å². The van der Waals surface area contributed by atoms with Crippen molar-refractivity contribution in [1.82, 2.24) is 4.90 Å². The van der Waals surface area contributed by atoms with Gasteiger partial charge in [-0.15, -0.1) is 0 Å². The van der Waals surface area contributed by atoms with E-state index in [0.29, 0.717) is 13.1 Å². The number of hydrogen-bond donors (Lipinski definition) is 0. The molecule has 0 atom stereocenters. The summed E-state index contributed by atoms with van der Waals surface area (Å²) in [7, 11) is -3.59. The van der Waals surface area contributed by atoms with Crippen LogP contribution in [0.2, 0.25) is 0 Å². The Bertz CT molecular complexity index is 792. The normalized spacial score (nSPS) is 15.9. The molecule has 0 N–H and O–H groups in total. The maximum Gasteiger partial charge on any atom is 0.238 e. The zero-order chi connectivity index (χ0) is 15.6. The van der Waals surface area contributed by atoms with E-state index in [-0.39, 0.29) is 10.8 Å². The molecule has 4 nitrogen and oxygen atoms in total. The number of amides is 1. The van der Waals surface area contributed by atoms with Crippen LogP contribution in [0.5, 0.6) is 0 Å². The number of sulfone groups is 1. The molecule has 0 bridgehead atoms. The molecule has 0 aromatic heterocycles. The molecule has 0 aliphatic carbocycles. The Balaban J connectivity index is 1.83. The van der Waals surface area contributed by atoms with Crippen LogP contribution in [-0.2, 0) is 14.6 Å². The average Bonchev–Trinajstić information content (AvgIpc) is 2.55. The van der Waals surface area contributed by atoms with Crippen LogP contribution >= 0.6 is 0 Å². The Morgan fingerprint density at radius 1 is 0.955 bits per heavy atom. The van der Waals surface area contributed by atoms with Crippen molar-refractivity contribution in [2.75, 3.05) is 18.8 Å². The molecular weight excluding hydrogens is 298 g/mol. The molecule has 0 spiro atoms. The van der Waals surface area contributed by atoms with Gasteiger partial charge in [0.15, 0.2) is 9.84 Å². The van der Waals surface area contributed by atoms with Gasteiger partial charge in [-0.25, -0.2) is 8.42 Å². The van der Waals surface area contributed by atoms with Crippen molar-refractivity contribution >= 4 is 26.5 Å². The van der Waals surface area contributed by atoms with E-state index < -0.39 is 15.6 Å². The quantitative estimate of drug-likeness (QED) is 0.874. The highest BCUT2D eigenvalue weighted by Crippen LogP contribution is 2.20. The number of rotatable bonds is 3. The number of carbonyl (C=O) groups excluding carboxylic acids is 1. The molecule has 22 heavy (non-hydrogen) atoms. The maximum absolute atomic E-state index is 12.5. The zero-order valence-electron chi connectivity index (χ0n) is 12.4. The third kappa shape index (κ3) is 3.14. The molecule has 1 saturated heterocycles. The number of likely N-dealkylation sites (tertiary alicyclic amines) is 1. The summed E-state index contributed by atoms with van der Waals surface area (Å²) in [6.07, 6.45) is 3.03. The molecule has 1 aliphatic heterocycles. The molecule has 5 heteroatoms. The monoisotopic (exact) mass is 317 g/mol. The van der Waals surface area contributed by atoms with Gasteiger partial charge >= 0.3 is 0 Å². The summed E-state index contributed by atoms with van der Waals surface area (Å²) in [5.41, 5.74) is 0. The minimum absolute atomic E-state index is 0.219. The lowest BCUT2D eigenvalue weighted by Crippen LogP contribution is -2.39. The van der Waals surface area contributed by atoms with Crippen LogP contribution in [0.1, 0.15) is 19.3 Å². The van der Waals surface area contributed by atoms with Crippen LogP contribution in [0, 0.1) is 0 Å². The van der Waals surface area contributed by atoms with Gasteiger partial charge in [-0.1, -0.05) is 30.3 Å². The number of nitrogens with zero attached hydrogens (tertiary/aromatic N) is 1. The topological polar surface area (TPSA) is 54.5 Å². The molecule has 1 fully saturated rings. The lowest BCUT2D eigenvalue weighted by Gasteiger charge is -2.26. The van der Waals surface area contributed by atoms with E-state index in [1.807, 2.05) is 24.3 Å². The van der Waals surface area contributed by atoms with E-state index in [1.54, 1.807) is 23.1 Å². The van der Waals surface area contributed by atoms with E-state index in [9.17, 15) is 13.2 Å². The molecular formula is C17H19NO3S. The third-order valence-electron chi connectivity index (χ3n) is 4.10. The van der Waals surface area contributed by atoms with Crippen molar-refractivity contribution in [3.63, 3.8) is 0 Å². The molecule has 1 heterocycles. The molecule has 0 radical (unpaired) electrons. The van der Waals surface area contributed by atoms with E-state index >= 15 is 0 Å². The SMILES string of the molecule is O=C(CS(=O)(=O)c1ccc2ccccc2c1)N1CCCCC1. The van der Waals surface area contributed by atoms with E-state index in [4.69, 9.17) is 0 Å². The molecule has 2 aromatic rings. The van der Waals surface area contributed by atoms with Crippen molar-refractivity contribution in [1.29, 1.82) is 0 Å². The van der Waals surface area contributed by atoms with Crippen molar-refractivity contribution in [3.05, 3.63) is 42.5 Å². The molecule has 3 rings (SSSR count). The highest BCUT2D eigenvalue weighted by Gasteiger charge is 2.24. The smallest absolute Gasteiger partial charge is 0.238 e. The van der Waals surface area contributed by atoms with Gasteiger partial charge in [-0.2, -0.15) is 0 Å². The van der Waals surface area contributed by atoms with Gasteiger partial charge in [0.1, 0.15) is 5.75 Å². The van der Waals surface area contributed by atoms with E-state index in [0.717, 1.165) is 30.0 Å². The molecule has 2 aromatic carbocycles. The van der Waals surface area contributed by atoms with Crippen LogP contribution < -0.4 is 0 Å². The first-order valence-electron chi connectivity index (χ1n) is 7.56. The first kappa shape index (κ1) is 15.0. The zero-order valence-corrected chi connectivity index (χ0v) is 13.2. The lowest BCUT2D eigenvalue weighted by molar-refractivity contribution is -0.129. The molecule has 1 aliphatic rings. The van der Waals surface area contributed by atoms with Crippen LogP contribution in [0.3, 0.4) is 0 Å². The molecule has 0 saturated carbocycles. The third-order valence-corrected chi connectivity index (χ3v) is 5.70. The van der Waals surface area contributed by atoms with Crippen molar-refractivity contribution in [2.45, 2.75) is 24.2 Å². The van der Waals surface area contributed by atoms with Gasteiger partial charge in [-0.05, 0) is 42.2 Å². The summed E-state index contributed by atoms with van der Waals surface area (Å²) in [5, 5.41) is 1.86. The summed E-state index contributed by atoms with van der Waals surface area (Å²) in [4.78, 5) is 14.1. The Labute approximate surface area is 130 Å². The number of fused-ring (bicyclic) bond motifs is 1. The lowest BCUT2D eigenvalue weighted by atomic mass is 10.1. The summed E-state index contributed by atoms with van der Waals surface area (Å²) < 4.78 is 25.0. The minimum Gasteiger partial charge on any atom is -0.342 e. The Hall–Kier alpha value is -1.88.